The van der Waals surface area contributed by atoms with Gasteiger partial charge in [0.05, 0.1) is 7.11 Å². The molecule has 0 aliphatic heterocycles. The Bertz CT molecular complexity index is 1080. The molecule has 0 atom stereocenters. The van der Waals surface area contributed by atoms with Gasteiger partial charge in [-0.15, -0.1) is 6.58 Å². The topological polar surface area (TPSA) is 78.2 Å². The number of allylic oxidation sites excluding steroid dienone is 1. The van der Waals surface area contributed by atoms with Crippen LogP contribution in [-0.4, -0.2) is 27.1 Å². The minimum absolute atomic E-state index is 0.139. The van der Waals surface area contributed by atoms with Crippen LogP contribution in [0, 0.1) is 3.95 Å². The Balaban J connectivity index is 1.83. The van der Waals surface area contributed by atoms with Gasteiger partial charge in [0.15, 0.2) is 9.60 Å². The summed E-state index contributed by atoms with van der Waals surface area (Å²) in [4.78, 5) is 29.1. The number of nitrogens with zero attached hydrogens (tertiary/aromatic N) is 3. The summed E-state index contributed by atoms with van der Waals surface area (Å²) in [5.74, 6) is 0.367. The van der Waals surface area contributed by atoms with Gasteiger partial charge in [-0.25, -0.2) is 4.98 Å². The Labute approximate surface area is 158 Å². The van der Waals surface area contributed by atoms with Gasteiger partial charge in [0.25, 0.3) is 5.56 Å². The number of fused-ring (bicyclic) bond motifs is 1. The van der Waals surface area contributed by atoms with E-state index in [1.165, 1.54) is 22.2 Å². The molecule has 2 heterocycles. The predicted octanol–water partition coefficient (Wildman–Crippen LogP) is 2.82. The Hall–Kier alpha value is -2.78. The van der Waals surface area contributed by atoms with Gasteiger partial charge in [-0.3, -0.25) is 14.2 Å². The second-order valence-corrected chi connectivity index (χ2v) is 7.02. The molecule has 0 fully saturated rings. The van der Waals surface area contributed by atoms with E-state index in [-0.39, 0.29) is 18.0 Å². The number of rotatable bonds is 6. The van der Waals surface area contributed by atoms with E-state index < -0.39 is 0 Å². The molecule has 0 unspecified atom stereocenters. The van der Waals surface area contributed by atoms with Gasteiger partial charge in [0, 0.05) is 12.2 Å². The summed E-state index contributed by atoms with van der Waals surface area (Å²) in [7, 11) is 1.57. The van der Waals surface area contributed by atoms with Crippen LogP contribution in [0.2, 0.25) is 0 Å². The van der Waals surface area contributed by atoms with Crippen molar-refractivity contribution < 1.29 is 9.53 Å². The van der Waals surface area contributed by atoms with Crippen LogP contribution in [0.15, 0.2) is 48.0 Å². The van der Waals surface area contributed by atoms with Crippen LogP contribution in [0.4, 0.5) is 5.69 Å². The van der Waals surface area contributed by atoms with Crippen molar-refractivity contribution in [3.8, 4) is 5.75 Å². The number of benzene rings is 1. The number of amides is 1. The average Bonchev–Trinajstić information content (AvgIpc) is 2.95. The molecule has 0 aliphatic rings. The molecule has 2 aromatic heterocycles. The molecule has 0 radical (unpaired) electrons. The first kappa shape index (κ1) is 18.0. The molecule has 1 amide bonds. The summed E-state index contributed by atoms with van der Waals surface area (Å²) in [5.41, 5.74) is 0.834. The minimum atomic E-state index is -0.326. The van der Waals surface area contributed by atoms with E-state index in [1.807, 2.05) is 0 Å². The number of nitrogens with one attached hydrogen (secondary N) is 1. The maximum absolute atomic E-state index is 12.6. The highest BCUT2D eigenvalue weighted by atomic mass is 32.1. The molecule has 7 nitrogen and oxygen atoms in total. The fourth-order valence-electron chi connectivity index (χ4n) is 2.40. The number of anilines is 1. The molecule has 9 heteroatoms. The van der Waals surface area contributed by atoms with Crippen molar-refractivity contribution in [2.75, 3.05) is 12.4 Å². The van der Waals surface area contributed by atoms with Crippen molar-refractivity contribution >= 4 is 45.5 Å². The van der Waals surface area contributed by atoms with Gasteiger partial charge in [-0.1, -0.05) is 17.4 Å². The number of hydrogen-bond donors (Lipinski definition) is 1. The van der Waals surface area contributed by atoms with E-state index in [1.54, 1.807) is 42.0 Å². The van der Waals surface area contributed by atoms with Gasteiger partial charge in [-0.2, -0.15) is 0 Å². The van der Waals surface area contributed by atoms with E-state index in [2.05, 4.69) is 16.9 Å². The van der Waals surface area contributed by atoms with Crippen LogP contribution < -0.4 is 15.6 Å². The number of methoxy groups -OCH3 is 1. The molecule has 0 bridgehead atoms. The predicted molar refractivity (Wildman–Crippen MR) is 105 cm³/mol. The fraction of sp³-hybridized carbons (Fsp3) is 0.176. The number of hydrogen-bond acceptors (Lipinski definition) is 6. The maximum Gasteiger partial charge on any atom is 0.273 e. The average molecular weight is 388 g/mol. The third-order valence-electron chi connectivity index (χ3n) is 3.64. The highest BCUT2D eigenvalue weighted by molar-refractivity contribution is 7.73. The van der Waals surface area contributed by atoms with E-state index >= 15 is 0 Å². The van der Waals surface area contributed by atoms with E-state index in [0.29, 0.717) is 32.3 Å². The molecule has 3 rings (SSSR count). The summed E-state index contributed by atoms with van der Waals surface area (Å²) in [6.07, 6.45) is 3.05. The quantitative estimate of drug-likeness (QED) is 0.519. The Morgan fingerprint density at radius 1 is 1.42 bits per heavy atom. The lowest BCUT2D eigenvalue weighted by Gasteiger charge is -2.08. The van der Waals surface area contributed by atoms with Crippen LogP contribution in [0.1, 0.15) is 0 Å². The summed E-state index contributed by atoms with van der Waals surface area (Å²) in [6.45, 7) is 4.02. The summed E-state index contributed by atoms with van der Waals surface area (Å²) < 4.78 is 9.06. The standard InChI is InChI=1S/C17H16N4O3S2/c1-3-8-21-15-14(26-17(21)25)16(23)20(10-18-15)9-13(22)19-11-4-6-12(24-2)7-5-11/h3-7,10H,1,8-9H2,2H3,(H,19,22). The van der Waals surface area contributed by atoms with Crippen molar-refractivity contribution in [2.45, 2.75) is 13.1 Å². The molecular weight excluding hydrogens is 372 g/mol. The lowest BCUT2D eigenvalue weighted by atomic mass is 10.3. The molecule has 0 saturated heterocycles. The van der Waals surface area contributed by atoms with Crippen LogP contribution in [-0.2, 0) is 17.9 Å². The number of thiazole rings is 1. The van der Waals surface area contributed by atoms with Gasteiger partial charge < -0.3 is 14.6 Å². The second kappa shape index (κ2) is 7.63. The second-order valence-electron chi connectivity index (χ2n) is 5.37. The fourth-order valence-corrected chi connectivity index (χ4v) is 3.72. The lowest BCUT2D eigenvalue weighted by molar-refractivity contribution is -0.116. The Morgan fingerprint density at radius 3 is 2.81 bits per heavy atom. The first-order valence-electron chi connectivity index (χ1n) is 7.67. The third kappa shape index (κ3) is 3.58. The van der Waals surface area contributed by atoms with E-state index in [0.717, 1.165) is 0 Å². The third-order valence-corrected chi connectivity index (χ3v) is 5.07. The normalized spacial score (nSPS) is 10.7. The zero-order chi connectivity index (χ0) is 18.7. The van der Waals surface area contributed by atoms with Gasteiger partial charge in [0.1, 0.15) is 23.3 Å². The van der Waals surface area contributed by atoms with Crippen LogP contribution in [0.5, 0.6) is 5.75 Å². The lowest BCUT2D eigenvalue weighted by Crippen LogP contribution is -2.27. The van der Waals surface area contributed by atoms with Gasteiger partial charge >= 0.3 is 0 Å². The number of ether oxygens (including phenoxy) is 1. The Kier molecular flexibility index (Phi) is 5.29. The SMILES string of the molecule is C=CCn1c(=S)sc2c(=O)n(CC(=O)Nc3ccc(OC)cc3)cnc21. The Morgan fingerprint density at radius 2 is 2.15 bits per heavy atom. The molecule has 134 valence electrons. The highest BCUT2D eigenvalue weighted by Gasteiger charge is 2.13. The molecular formula is C17H16N4O3S2. The first-order valence-corrected chi connectivity index (χ1v) is 8.89. The van der Waals surface area contributed by atoms with Crippen molar-refractivity contribution in [3.05, 3.63) is 57.6 Å². The summed E-state index contributed by atoms with van der Waals surface area (Å²) in [6, 6.07) is 6.93. The molecule has 0 spiro atoms. The number of carbonyl (C=O) groups is 1. The zero-order valence-electron chi connectivity index (χ0n) is 14.0. The largest absolute Gasteiger partial charge is 0.497 e. The van der Waals surface area contributed by atoms with Crippen molar-refractivity contribution in [1.29, 1.82) is 0 Å². The van der Waals surface area contributed by atoms with Gasteiger partial charge in [-0.05, 0) is 36.5 Å². The first-order chi connectivity index (χ1) is 12.5. The molecule has 0 aliphatic carbocycles. The molecule has 0 saturated carbocycles. The summed E-state index contributed by atoms with van der Waals surface area (Å²) >= 11 is 6.46. The van der Waals surface area contributed by atoms with Crippen LogP contribution >= 0.6 is 23.6 Å². The molecule has 1 aromatic carbocycles. The smallest absolute Gasteiger partial charge is 0.273 e. The molecule has 1 N–H and O–H groups in total. The van der Waals surface area contributed by atoms with Crippen molar-refractivity contribution in [3.63, 3.8) is 0 Å². The minimum Gasteiger partial charge on any atom is -0.497 e. The monoisotopic (exact) mass is 388 g/mol. The zero-order valence-corrected chi connectivity index (χ0v) is 15.6. The van der Waals surface area contributed by atoms with Crippen molar-refractivity contribution in [2.24, 2.45) is 0 Å². The number of carbonyl (C=O) groups excluding carboxylic acids is 1. The van der Waals surface area contributed by atoms with E-state index in [9.17, 15) is 9.59 Å². The highest BCUT2D eigenvalue weighted by Crippen LogP contribution is 2.18. The van der Waals surface area contributed by atoms with Crippen LogP contribution in [0.3, 0.4) is 0 Å². The van der Waals surface area contributed by atoms with E-state index in [4.69, 9.17) is 17.0 Å². The van der Waals surface area contributed by atoms with Crippen LogP contribution in [0.25, 0.3) is 10.3 Å². The van der Waals surface area contributed by atoms with Gasteiger partial charge in [0.2, 0.25) is 5.91 Å². The molecule has 26 heavy (non-hydrogen) atoms. The maximum atomic E-state index is 12.6. The summed E-state index contributed by atoms with van der Waals surface area (Å²) in [5, 5.41) is 2.74. The molecule has 3 aromatic rings. The number of aromatic nitrogens is 3. The van der Waals surface area contributed by atoms with Crippen molar-refractivity contribution in [1.82, 2.24) is 14.1 Å².